The normalized spacial score (nSPS) is 17.3. The average molecular weight is 265 g/mol. The van der Waals surface area contributed by atoms with E-state index in [4.69, 9.17) is 19.9 Å². The quantitative estimate of drug-likeness (QED) is 0.889. The van der Waals surface area contributed by atoms with Crippen LogP contribution in [0.4, 0.5) is 0 Å². The first-order chi connectivity index (χ1) is 9.11. The van der Waals surface area contributed by atoms with Gasteiger partial charge in [-0.25, -0.2) is 0 Å². The Morgan fingerprint density at radius 2 is 1.53 bits per heavy atom. The Labute approximate surface area is 114 Å². The largest absolute Gasteiger partial charge is 0.493 e. The molecule has 0 heterocycles. The molecule has 0 bridgehead atoms. The third-order valence-corrected chi connectivity index (χ3v) is 3.88. The lowest BCUT2D eigenvalue weighted by Crippen LogP contribution is -2.38. The first-order valence-corrected chi connectivity index (χ1v) is 6.69. The first-order valence-electron chi connectivity index (χ1n) is 6.69. The molecule has 0 aromatic heterocycles. The molecule has 4 heteroatoms. The van der Waals surface area contributed by atoms with Crippen LogP contribution in [0.5, 0.6) is 17.2 Å². The van der Waals surface area contributed by atoms with Crippen molar-refractivity contribution < 1.29 is 14.2 Å². The SMILES string of the molecule is COc1cc(CC2(N)CCCC2)cc(OC)c1OC. The van der Waals surface area contributed by atoms with Crippen LogP contribution in [0.25, 0.3) is 0 Å². The molecule has 2 rings (SSSR count). The topological polar surface area (TPSA) is 53.7 Å². The van der Waals surface area contributed by atoms with Crippen LogP contribution in [0, 0.1) is 0 Å². The van der Waals surface area contributed by atoms with Gasteiger partial charge in [-0.1, -0.05) is 12.8 Å². The predicted molar refractivity (Wildman–Crippen MR) is 75.2 cm³/mol. The molecule has 1 aromatic carbocycles. The van der Waals surface area contributed by atoms with Crippen molar-refractivity contribution in [3.63, 3.8) is 0 Å². The van der Waals surface area contributed by atoms with Crippen LogP contribution < -0.4 is 19.9 Å². The molecule has 19 heavy (non-hydrogen) atoms. The number of methoxy groups -OCH3 is 3. The zero-order valence-electron chi connectivity index (χ0n) is 12.0. The molecule has 106 valence electrons. The van der Waals surface area contributed by atoms with Gasteiger partial charge in [-0.05, 0) is 37.0 Å². The standard InChI is InChI=1S/C15H23NO3/c1-17-12-8-11(9-13(18-2)14(12)19-3)10-15(16)6-4-5-7-15/h8-9H,4-7,10,16H2,1-3H3. The highest BCUT2D eigenvalue weighted by Gasteiger charge is 2.30. The number of hydrogen-bond acceptors (Lipinski definition) is 4. The van der Waals surface area contributed by atoms with Gasteiger partial charge in [0.2, 0.25) is 5.75 Å². The summed E-state index contributed by atoms with van der Waals surface area (Å²) in [6.07, 6.45) is 5.47. The van der Waals surface area contributed by atoms with Crippen LogP contribution in [0.1, 0.15) is 31.2 Å². The Morgan fingerprint density at radius 3 is 1.95 bits per heavy atom. The van der Waals surface area contributed by atoms with Gasteiger partial charge in [-0.3, -0.25) is 0 Å². The molecule has 0 spiro atoms. The van der Waals surface area contributed by atoms with Crippen molar-refractivity contribution in [2.75, 3.05) is 21.3 Å². The Hall–Kier alpha value is -1.42. The van der Waals surface area contributed by atoms with E-state index in [9.17, 15) is 0 Å². The van der Waals surface area contributed by atoms with Crippen molar-refractivity contribution in [1.82, 2.24) is 0 Å². The van der Waals surface area contributed by atoms with Gasteiger partial charge in [0.1, 0.15) is 0 Å². The van der Waals surface area contributed by atoms with Crippen LogP contribution in [0.3, 0.4) is 0 Å². The van der Waals surface area contributed by atoms with Gasteiger partial charge in [0.05, 0.1) is 21.3 Å². The van der Waals surface area contributed by atoms with E-state index in [0.29, 0.717) is 17.2 Å². The zero-order valence-corrected chi connectivity index (χ0v) is 12.0. The molecule has 0 saturated heterocycles. The van der Waals surface area contributed by atoms with E-state index in [-0.39, 0.29) is 5.54 Å². The summed E-state index contributed by atoms with van der Waals surface area (Å²) in [5, 5.41) is 0. The Kier molecular flexibility index (Phi) is 4.20. The van der Waals surface area contributed by atoms with E-state index in [1.165, 1.54) is 12.8 Å². The van der Waals surface area contributed by atoms with Gasteiger partial charge < -0.3 is 19.9 Å². The number of hydrogen-bond donors (Lipinski definition) is 1. The number of ether oxygens (including phenoxy) is 3. The number of nitrogens with two attached hydrogens (primary N) is 1. The lowest BCUT2D eigenvalue weighted by Gasteiger charge is -2.24. The molecule has 0 unspecified atom stereocenters. The number of benzene rings is 1. The van der Waals surface area contributed by atoms with Gasteiger partial charge in [0, 0.05) is 5.54 Å². The van der Waals surface area contributed by atoms with Crippen LogP contribution in [0.15, 0.2) is 12.1 Å². The van der Waals surface area contributed by atoms with Gasteiger partial charge in [0.25, 0.3) is 0 Å². The summed E-state index contributed by atoms with van der Waals surface area (Å²) in [6, 6.07) is 3.99. The van der Waals surface area contributed by atoms with Gasteiger partial charge in [-0.15, -0.1) is 0 Å². The molecule has 2 N–H and O–H groups in total. The molecule has 1 saturated carbocycles. The summed E-state index contributed by atoms with van der Waals surface area (Å²) < 4.78 is 16.1. The summed E-state index contributed by atoms with van der Waals surface area (Å²) in [4.78, 5) is 0. The van der Waals surface area contributed by atoms with Crippen molar-refractivity contribution in [1.29, 1.82) is 0 Å². The summed E-state index contributed by atoms with van der Waals surface area (Å²) in [7, 11) is 4.88. The molecule has 1 aliphatic rings. The van der Waals surface area contributed by atoms with Crippen molar-refractivity contribution in [2.24, 2.45) is 5.73 Å². The van der Waals surface area contributed by atoms with E-state index < -0.39 is 0 Å². The average Bonchev–Trinajstić information content (AvgIpc) is 2.83. The summed E-state index contributed by atoms with van der Waals surface area (Å²) in [6.45, 7) is 0. The van der Waals surface area contributed by atoms with E-state index >= 15 is 0 Å². The van der Waals surface area contributed by atoms with E-state index in [2.05, 4.69) is 0 Å². The maximum absolute atomic E-state index is 6.43. The van der Waals surface area contributed by atoms with Crippen LogP contribution in [0.2, 0.25) is 0 Å². The molecule has 4 nitrogen and oxygen atoms in total. The van der Waals surface area contributed by atoms with Crippen molar-refractivity contribution in [2.45, 2.75) is 37.6 Å². The van der Waals surface area contributed by atoms with Crippen LogP contribution in [-0.4, -0.2) is 26.9 Å². The molecular weight excluding hydrogens is 242 g/mol. The fourth-order valence-electron chi connectivity index (χ4n) is 2.90. The molecule has 0 radical (unpaired) electrons. The minimum absolute atomic E-state index is 0.0788. The molecule has 0 atom stereocenters. The molecule has 1 fully saturated rings. The third kappa shape index (κ3) is 2.95. The predicted octanol–water partition coefficient (Wildman–Crippen LogP) is 2.53. The summed E-state index contributed by atoms with van der Waals surface area (Å²) in [5.41, 5.74) is 7.49. The summed E-state index contributed by atoms with van der Waals surface area (Å²) in [5.74, 6) is 2.02. The maximum atomic E-state index is 6.43. The molecule has 0 amide bonds. The molecular formula is C15H23NO3. The van der Waals surface area contributed by atoms with Gasteiger partial charge in [0.15, 0.2) is 11.5 Å². The van der Waals surface area contributed by atoms with E-state index in [0.717, 1.165) is 24.8 Å². The fraction of sp³-hybridized carbons (Fsp3) is 0.600. The monoisotopic (exact) mass is 265 g/mol. The minimum atomic E-state index is -0.0788. The van der Waals surface area contributed by atoms with Crippen molar-refractivity contribution in [3.05, 3.63) is 17.7 Å². The Bertz CT molecular complexity index is 414. The highest BCUT2D eigenvalue weighted by Crippen LogP contribution is 2.40. The molecule has 1 aromatic rings. The Balaban J connectivity index is 2.30. The lowest BCUT2D eigenvalue weighted by atomic mass is 9.90. The van der Waals surface area contributed by atoms with Crippen LogP contribution in [-0.2, 0) is 6.42 Å². The smallest absolute Gasteiger partial charge is 0.203 e. The van der Waals surface area contributed by atoms with Crippen molar-refractivity contribution in [3.8, 4) is 17.2 Å². The van der Waals surface area contributed by atoms with Gasteiger partial charge in [-0.2, -0.15) is 0 Å². The highest BCUT2D eigenvalue weighted by atomic mass is 16.5. The van der Waals surface area contributed by atoms with Crippen molar-refractivity contribution >= 4 is 0 Å². The fourth-order valence-corrected chi connectivity index (χ4v) is 2.90. The zero-order chi connectivity index (χ0) is 13.9. The maximum Gasteiger partial charge on any atom is 0.203 e. The first kappa shape index (κ1) is 14.0. The van der Waals surface area contributed by atoms with Crippen LogP contribution >= 0.6 is 0 Å². The Morgan fingerprint density at radius 1 is 1.00 bits per heavy atom. The van der Waals surface area contributed by atoms with Gasteiger partial charge >= 0.3 is 0 Å². The lowest BCUT2D eigenvalue weighted by molar-refractivity contribution is 0.323. The molecule has 1 aliphatic carbocycles. The van der Waals surface area contributed by atoms with E-state index in [1.54, 1.807) is 21.3 Å². The third-order valence-electron chi connectivity index (χ3n) is 3.88. The van der Waals surface area contributed by atoms with E-state index in [1.807, 2.05) is 12.1 Å². The minimum Gasteiger partial charge on any atom is -0.493 e. The second kappa shape index (κ2) is 5.70. The number of rotatable bonds is 5. The second-order valence-electron chi connectivity index (χ2n) is 5.28. The highest BCUT2D eigenvalue weighted by molar-refractivity contribution is 5.54. The molecule has 0 aliphatic heterocycles. The second-order valence-corrected chi connectivity index (χ2v) is 5.28. The summed E-state index contributed by atoms with van der Waals surface area (Å²) >= 11 is 0.